The van der Waals surface area contributed by atoms with Crippen LogP contribution in [0.15, 0.2) is 53.1 Å². The van der Waals surface area contributed by atoms with Crippen LogP contribution in [0.1, 0.15) is 25.2 Å². The number of aryl methyl sites for hydroxylation is 1. The minimum absolute atomic E-state index is 0.182. The zero-order chi connectivity index (χ0) is 23.0. The highest BCUT2D eigenvalue weighted by Crippen LogP contribution is 2.22. The van der Waals surface area contributed by atoms with Crippen LogP contribution in [-0.2, 0) is 11.2 Å². The number of hydrogen-bond acceptors (Lipinski definition) is 7. The highest BCUT2D eigenvalue weighted by molar-refractivity contribution is 5.76. The van der Waals surface area contributed by atoms with Crippen molar-refractivity contribution in [2.45, 2.75) is 25.7 Å². The minimum atomic E-state index is 0.182. The highest BCUT2D eigenvalue weighted by atomic mass is 16.5. The van der Waals surface area contributed by atoms with Crippen molar-refractivity contribution in [1.82, 2.24) is 15.0 Å². The number of rotatable bonds is 8. The molecule has 174 valence electrons. The molecule has 0 atom stereocenters. The fraction of sp³-hybridized carbons (Fsp3) is 0.400. The molecular weight excluding hydrogens is 420 g/mol. The molecule has 1 saturated heterocycles. The second kappa shape index (κ2) is 10.8. The van der Waals surface area contributed by atoms with Gasteiger partial charge in [0, 0.05) is 50.3 Å². The van der Waals surface area contributed by atoms with Crippen molar-refractivity contribution >= 4 is 11.6 Å². The van der Waals surface area contributed by atoms with E-state index in [9.17, 15) is 4.79 Å². The summed E-state index contributed by atoms with van der Waals surface area (Å²) in [5.74, 6) is 2.91. The number of hydrogen-bond donors (Lipinski definition) is 0. The summed E-state index contributed by atoms with van der Waals surface area (Å²) in [5, 5.41) is 4.05. The Bertz CT molecular complexity index is 1030. The lowest BCUT2D eigenvalue weighted by Crippen LogP contribution is -2.35. The molecule has 0 spiro atoms. The third-order valence-corrected chi connectivity index (χ3v) is 5.88. The van der Waals surface area contributed by atoms with E-state index in [1.54, 1.807) is 14.2 Å². The molecule has 0 N–H and O–H groups in total. The van der Waals surface area contributed by atoms with Gasteiger partial charge in [0.25, 0.3) is 0 Å². The van der Waals surface area contributed by atoms with E-state index in [0.29, 0.717) is 31.0 Å². The van der Waals surface area contributed by atoms with Gasteiger partial charge in [-0.1, -0.05) is 5.16 Å². The number of nitrogens with zero attached hydrogens (tertiary/aromatic N) is 4. The van der Waals surface area contributed by atoms with E-state index in [1.807, 2.05) is 41.3 Å². The summed E-state index contributed by atoms with van der Waals surface area (Å²) < 4.78 is 15.8. The Balaban J connectivity index is 1.24. The lowest BCUT2D eigenvalue weighted by molar-refractivity contribution is -0.131. The van der Waals surface area contributed by atoms with Gasteiger partial charge in [0.05, 0.1) is 14.2 Å². The van der Waals surface area contributed by atoms with Crippen LogP contribution in [0.25, 0.3) is 11.4 Å². The molecule has 1 aliphatic heterocycles. The number of aromatic nitrogens is 2. The molecule has 1 aromatic heterocycles. The number of carbonyl (C=O) groups excluding carboxylic acids is 1. The molecular formula is C25H30N4O4. The maximum atomic E-state index is 12.8. The van der Waals surface area contributed by atoms with Gasteiger partial charge < -0.3 is 23.8 Å². The predicted octanol–water partition coefficient (Wildman–Crippen LogP) is 3.82. The van der Waals surface area contributed by atoms with Crippen molar-refractivity contribution in [3.63, 3.8) is 0 Å². The Morgan fingerprint density at radius 2 is 1.64 bits per heavy atom. The van der Waals surface area contributed by atoms with Crippen molar-refractivity contribution in [2.75, 3.05) is 45.3 Å². The van der Waals surface area contributed by atoms with Gasteiger partial charge >= 0.3 is 0 Å². The summed E-state index contributed by atoms with van der Waals surface area (Å²) in [6.45, 7) is 3.28. The van der Waals surface area contributed by atoms with Crippen molar-refractivity contribution in [2.24, 2.45) is 0 Å². The van der Waals surface area contributed by atoms with Gasteiger partial charge in [0.1, 0.15) is 11.5 Å². The first-order valence-corrected chi connectivity index (χ1v) is 11.3. The first kappa shape index (κ1) is 22.6. The zero-order valence-corrected chi connectivity index (χ0v) is 19.2. The first-order chi connectivity index (χ1) is 16.2. The van der Waals surface area contributed by atoms with E-state index in [0.717, 1.165) is 55.3 Å². The number of anilines is 1. The van der Waals surface area contributed by atoms with Gasteiger partial charge in [-0.3, -0.25) is 4.79 Å². The van der Waals surface area contributed by atoms with Crippen molar-refractivity contribution in [1.29, 1.82) is 0 Å². The molecule has 1 fully saturated rings. The molecule has 0 saturated carbocycles. The highest BCUT2D eigenvalue weighted by Gasteiger charge is 2.19. The Morgan fingerprint density at radius 3 is 2.33 bits per heavy atom. The van der Waals surface area contributed by atoms with Crippen molar-refractivity contribution < 1.29 is 18.8 Å². The topological polar surface area (TPSA) is 80.9 Å². The Labute approximate surface area is 194 Å². The summed E-state index contributed by atoms with van der Waals surface area (Å²) >= 11 is 0. The molecule has 3 aromatic rings. The summed E-state index contributed by atoms with van der Waals surface area (Å²) in [6, 6.07) is 15.6. The van der Waals surface area contributed by atoms with Gasteiger partial charge in [0.2, 0.25) is 17.6 Å². The molecule has 1 amide bonds. The van der Waals surface area contributed by atoms with Crippen LogP contribution in [0, 0.1) is 0 Å². The van der Waals surface area contributed by atoms with Crippen molar-refractivity contribution in [3.05, 3.63) is 54.4 Å². The number of carbonyl (C=O) groups is 1. The summed E-state index contributed by atoms with van der Waals surface area (Å²) in [7, 11) is 3.30. The maximum Gasteiger partial charge on any atom is 0.226 e. The van der Waals surface area contributed by atoms with Crippen LogP contribution >= 0.6 is 0 Å². The lowest BCUT2D eigenvalue weighted by Gasteiger charge is -2.24. The SMILES string of the molecule is COc1ccc(-c2noc(CCCC(=O)N3CCCN(c4ccc(OC)cc4)CC3)n2)cc1. The van der Waals surface area contributed by atoms with E-state index in [1.165, 1.54) is 0 Å². The fourth-order valence-electron chi connectivity index (χ4n) is 3.98. The lowest BCUT2D eigenvalue weighted by atomic mass is 10.2. The maximum absolute atomic E-state index is 12.8. The van der Waals surface area contributed by atoms with Crippen LogP contribution in [-0.4, -0.2) is 61.3 Å². The quantitative estimate of drug-likeness (QED) is 0.516. The average Bonchev–Trinajstić information content (AvgIpc) is 3.19. The van der Waals surface area contributed by atoms with Gasteiger partial charge in [-0.2, -0.15) is 4.98 Å². The Morgan fingerprint density at radius 1 is 0.939 bits per heavy atom. The van der Waals surface area contributed by atoms with E-state index in [2.05, 4.69) is 27.2 Å². The van der Waals surface area contributed by atoms with E-state index >= 15 is 0 Å². The molecule has 2 heterocycles. The van der Waals surface area contributed by atoms with Crippen LogP contribution in [0.2, 0.25) is 0 Å². The minimum Gasteiger partial charge on any atom is -0.497 e. The van der Waals surface area contributed by atoms with E-state index < -0.39 is 0 Å². The summed E-state index contributed by atoms with van der Waals surface area (Å²) in [4.78, 5) is 21.5. The smallest absolute Gasteiger partial charge is 0.226 e. The molecule has 8 nitrogen and oxygen atoms in total. The largest absolute Gasteiger partial charge is 0.497 e. The second-order valence-electron chi connectivity index (χ2n) is 8.01. The van der Waals surface area contributed by atoms with Gasteiger partial charge in [-0.05, 0) is 61.4 Å². The Kier molecular flexibility index (Phi) is 7.44. The predicted molar refractivity (Wildman–Crippen MR) is 126 cm³/mol. The first-order valence-electron chi connectivity index (χ1n) is 11.3. The van der Waals surface area contributed by atoms with Gasteiger partial charge in [0.15, 0.2) is 0 Å². The van der Waals surface area contributed by atoms with Crippen LogP contribution in [0.5, 0.6) is 11.5 Å². The van der Waals surface area contributed by atoms with E-state index in [-0.39, 0.29) is 5.91 Å². The average molecular weight is 451 g/mol. The Hall–Kier alpha value is -3.55. The molecule has 8 heteroatoms. The third kappa shape index (κ3) is 5.83. The van der Waals surface area contributed by atoms with Crippen molar-refractivity contribution in [3.8, 4) is 22.9 Å². The number of benzene rings is 2. The second-order valence-corrected chi connectivity index (χ2v) is 8.01. The fourth-order valence-corrected chi connectivity index (χ4v) is 3.98. The number of amides is 1. The molecule has 0 aliphatic carbocycles. The normalized spacial score (nSPS) is 14.1. The molecule has 0 radical (unpaired) electrons. The number of methoxy groups -OCH3 is 2. The van der Waals surface area contributed by atoms with E-state index in [4.69, 9.17) is 14.0 Å². The summed E-state index contributed by atoms with van der Waals surface area (Å²) in [6.07, 6.45) is 2.69. The monoisotopic (exact) mass is 450 g/mol. The van der Waals surface area contributed by atoms with Gasteiger partial charge in [-0.25, -0.2) is 0 Å². The number of ether oxygens (including phenoxy) is 2. The molecule has 2 aromatic carbocycles. The zero-order valence-electron chi connectivity index (χ0n) is 19.2. The third-order valence-electron chi connectivity index (χ3n) is 5.88. The van der Waals surface area contributed by atoms with Crippen LogP contribution < -0.4 is 14.4 Å². The van der Waals surface area contributed by atoms with Gasteiger partial charge in [-0.15, -0.1) is 0 Å². The van der Waals surface area contributed by atoms with Crippen LogP contribution in [0.3, 0.4) is 0 Å². The standard InChI is InChI=1S/C25H30N4O4/c1-31-21-11-7-19(8-12-21)25-26-23(33-27-25)5-3-6-24(30)29-16-4-15-28(17-18-29)20-9-13-22(32-2)14-10-20/h7-14H,3-6,15-18H2,1-2H3. The molecule has 33 heavy (non-hydrogen) atoms. The molecule has 0 unspecified atom stereocenters. The molecule has 1 aliphatic rings. The molecule has 0 bridgehead atoms. The summed E-state index contributed by atoms with van der Waals surface area (Å²) in [5.41, 5.74) is 2.03. The van der Waals surface area contributed by atoms with Crippen LogP contribution in [0.4, 0.5) is 5.69 Å². The molecule has 4 rings (SSSR count).